The van der Waals surface area contributed by atoms with Crippen LogP contribution >= 0.6 is 0 Å². The molecule has 2 N–H and O–H groups in total. The first kappa shape index (κ1) is 24.1. The minimum Gasteiger partial charge on any atom is -0.355 e. The Hall–Kier alpha value is -5.74. The molecule has 7 aromatic rings. The molecule has 4 aromatic carbocycles. The van der Waals surface area contributed by atoms with Crippen LogP contribution in [0, 0.1) is 0 Å². The number of rotatable bonds is 0. The monoisotopic (exact) mass is 538 g/mol. The summed E-state index contributed by atoms with van der Waals surface area (Å²) in [7, 11) is 0. The van der Waals surface area contributed by atoms with Gasteiger partial charge in [0.25, 0.3) is 0 Å². The van der Waals surface area contributed by atoms with Gasteiger partial charge >= 0.3 is 0 Å². The SMILES string of the molecule is C1=Cc2cc3ccc(cc4nc(cc5ccc(cc1n2)[nH]5)C=C4)[nH]3.c1ccc2c(c1)c1ccccc1c1ccccc21. The zero-order valence-corrected chi connectivity index (χ0v) is 22.8. The van der Waals surface area contributed by atoms with Crippen LogP contribution in [0.1, 0.15) is 22.8 Å². The fraction of sp³-hybridized carbons (Fsp3) is 0. The highest BCUT2D eigenvalue weighted by molar-refractivity contribution is 6.25. The molecule has 4 heteroatoms. The molecule has 0 fully saturated rings. The summed E-state index contributed by atoms with van der Waals surface area (Å²) in [5.41, 5.74) is 7.86. The van der Waals surface area contributed by atoms with Crippen LogP contribution in [-0.2, 0) is 0 Å². The first-order valence-electron chi connectivity index (χ1n) is 14.1. The lowest BCUT2D eigenvalue weighted by atomic mass is 9.95. The highest BCUT2D eigenvalue weighted by Crippen LogP contribution is 2.34. The molecule has 0 aliphatic carbocycles. The molecule has 2 aliphatic heterocycles. The average Bonchev–Trinajstić information content (AvgIpc) is 3.85. The first-order valence-corrected chi connectivity index (χ1v) is 14.1. The van der Waals surface area contributed by atoms with Crippen LogP contribution in [0.4, 0.5) is 0 Å². The maximum absolute atomic E-state index is 4.63. The van der Waals surface area contributed by atoms with Gasteiger partial charge in [0.15, 0.2) is 0 Å². The number of hydrogen-bond donors (Lipinski definition) is 2. The van der Waals surface area contributed by atoms with Gasteiger partial charge in [-0.15, -0.1) is 0 Å². The minimum atomic E-state index is 0.939. The number of hydrogen-bond acceptors (Lipinski definition) is 2. The van der Waals surface area contributed by atoms with E-state index in [1.165, 1.54) is 32.3 Å². The van der Waals surface area contributed by atoms with Gasteiger partial charge in [0.05, 0.1) is 22.8 Å². The van der Waals surface area contributed by atoms with E-state index in [1.807, 2.05) is 48.6 Å². The molecule has 198 valence electrons. The fourth-order valence-corrected chi connectivity index (χ4v) is 5.80. The normalized spacial score (nSPS) is 12.1. The van der Waals surface area contributed by atoms with Gasteiger partial charge in [-0.3, -0.25) is 0 Å². The van der Waals surface area contributed by atoms with Crippen molar-refractivity contribution in [1.82, 2.24) is 19.9 Å². The van der Waals surface area contributed by atoms with Crippen molar-refractivity contribution in [1.29, 1.82) is 0 Å². The van der Waals surface area contributed by atoms with Crippen molar-refractivity contribution in [2.75, 3.05) is 0 Å². The Labute approximate surface area is 242 Å². The number of nitrogens with one attached hydrogen (secondary N) is 2. The third-order valence-corrected chi connectivity index (χ3v) is 7.69. The van der Waals surface area contributed by atoms with Crippen molar-refractivity contribution >= 4 is 78.7 Å². The van der Waals surface area contributed by atoms with Gasteiger partial charge in [0.1, 0.15) is 0 Å². The number of aromatic amines is 2. The van der Waals surface area contributed by atoms with Crippen molar-refractivity contribution in [3.63, 3.8) is 0 Å². The summed E-state index contributed by atoms with van der Waals surface area (Å²) in [6.07, 6.45) is 8.09. The van der Waals surface area contributed by atoms with Crippen LogP contribution in [0.5, 0.6) is 0 Å². The van der Waals surface area contributed by atoms with E-state index in [0.29, 0.717) is 0 Å². The van der Waals surface area contributed by atoms with Crippen molar-refractivity contribution in [3.05, 3.63) is 144 Å². The quantitative estimate of drug-likeness (QED) is 0.189. The van der Waals surface area contributed by atoms with E-state index >= 15 is 0 Å². The van der Waals surface area contributed by atoms with Gasteiger partial charge in [-0.25, -0.2) is 9.97 Å². The van der Waals surface area contributed by atoms with E-state index in [9.17, 15) is 0 Å². The van der Waals surface area contributed by atoms with Gasteiger partial charge in [-0.2, -0.15) is 0 Å². The molecule has 0 saturated heterocycles. The summed E-state index contributed by atoms with van der Waals surface area (Å²) in [4.78, 5) is 16.0. The second-order valence-corrected chi connectivity index (χ2v) is 10.5. The number of H-pyrrole nitrogens is 2. The van der Waals surface area contributed by atoms with Gasteiger partial charge in [0, 0.05) is 22.1 Å². The Morgan fingerprint density at radius 2 is 0.548 bits per heavy atom. The predicted octanol–water partition coefficient (Wildman–Crippen LogP) is 9.80. The maximum atomic E-state index is 4.63. The molecule has 0 spiro atoms. The molecular weight excluding hydrogens is 512 g/mol. The molecule has 0 unspecified atom stereocenters. The summed E-state index contributed by atoms with van der Waals surface area (Å²) in [6.45, 7) is 0. The molecule has 2 aliphatic rings. The summed E-state index contributed by atoms with van der Waals surface area (Å²) >= 11 is 0. The Kier molecular flexibility index (Phi) is 5.75. The molecular formula is C38H26N4. The largest absolute Gasteiger partial charge is 0.355 e. The van der Waals surface area contributed by atoms with Crippen molar-refractivity contribution < 1.29 is 0 Å². The first-order chi connectivity index (χ1) is 20.7. The van der Waals surface area contributed by atoms with E-state index in [1.54, 1.807) is 0 Å². The highest BCUT2D eigenvalue weighted by Gasteiger charge is 2.06. The summed E-state index contributed by atoms with van der Waals surface area (Å²) in [5.74, 6) is 0. The zero-order chi connectivity index (χ0) is 27.9. The molecule has 0 saturated carbocycles. The lowest BCUT2D eigenvalue weighted by molar-refractivity contribution is 1.31. The Morgan fingerprint density at radius 1 is 0.310 bits per heavy atom. The van der Waals surface area contributed by atoms with Crippen LogP contribution in [0.25, 0.3) is 78.7 Å². The van der Waals surface area contributed by atoms with E-state index in [0.717, 1.165) is 44.8 Å². The minimum absolute atomic E-state index is 0.939. The number of nitrogens with zero attached hydrogens (tertiary/aromatic N) is 2. The molecule has 3 aromatic heterocycles. The fourth-order valence-electron chi connectivity index (χ4n) is 5.80. The lowest BCUT2D eigenvalue weighted by Crippen LogP contribution is -1.81. The Morgan fingerprint density at radius 3 is 0.786 bits per heavy atom. The zero-order valence-electron chi connectivity index (χ0n) is 22.8. The summed E-state index contributed by atoms with van der Waals surface area (Å²) in [6, 6.07) is 42.3. The van der Waals surface area contributed by atoms with E-state index in [2.05, 4.69) is 117 Å². The molecule has 9 rings (SSSR count). The van der Waals surface area contributed by atoms with Gasteiger partial charge < -0.3 is 9.97 Å². The Bertz CT molecular complexity index is 1970. The maximum Gasteiger partial charge on any atom is 0.0658 e. The van der Waals surface area contributed by atoms with Crippen LogP contribution < -0.4 is 0 Å². The molecule has 5 heterocycles. The Balaban J connectivity index is 0.000000132. The number of benzene rings is 4. The van der Waals surface area contributed by atoms with E-state index < -0.39 is 0 Å². The lowest BCUT2D eigenvalue weighted by Gasteiger charge is -2.09. The smallest absolute Gasteiger partial charge is 0.0658 e. The van der Waals surface area contributed by atoms with Crippen molar-refractivity contribution in [3.8, 4) is 0 Å². The van der Waals surface area contributed by atoms with Crippen molar-refractivity contribution in [2.24, 2.45) is 0 Å². The highest BCUT2D eigenvalue weighted by atomic mass is 14.8. The van der Waals surface area contributed by atoms with Gasteiger partial charge in [0.2, 0.25) is 0 Å². The third-order valence-electron chi connectivity index (χ3n) is 7.69. The molecule has 42 heavy (non-hydrogen) atoms. The topological polar surface area (TPSA) is 57.4 Å². The van der Waals surface area contributed by atoms with Gasteiger partial charge in [-0.1, -0.05) is 72.8 Å². The van der Waals surface area contributed by atoms with Gasteiger partial charge in [-0.05, 0) is 105 Å². The molecule has 8 bridgehead atoms. The van der Waals surface area contributed by atoms with Crippen molar-refractivity contribution in [2.45, 2.75) is 0 Å². The summed E-state index contributed by atoms with van der Waals surface area (Å²) < 4.78 is 0. The second-order valence-electron chi connectivity index (χ2n) is 10.5. The molecule has 0 amide bonds. The predicted molar refractivity (Wildman–Crippen MR) is 178 cm³/mol. The van der Waals surface area contributed by atoms with Crippen LogP contribution in [0.3, 0.4) is 0 Å². The molecule has 0 atom stereocenters. The third kappa shape index (κ3) is 4.55. The van der Waals surface area contributed by atoms with Crippen LogP contribution in [0.15, 0.2) is 121 Å². The standard InChI is InChI=1S/C20H14N4.C18H12/c1-2-14-10-16-5-6-18(23-16)12-20-8-7-19(24-20)11-17-4-3-15(22-17)9-13(1)21-14;1-2-8-14-13(7-1)15-9-3-4-11-17(15)18-12-6-5-10-16(14)18/h1-12,21,24H;1-12H. The van der Waals surface area contributed by atoms with Crippen LogP contribution in [0.2, 0.25) is 0 Å². The second kappa shape index (κ2) is 10.0. The van der Waals surface area contributed by atoms with Crippen LogP contribution in [-0.4, -0.2) is 19.9 Å². The van der Waals surface area contributed by atoms with E-state index in [-0.39, 0.29) is 0 Å². The van der Waals surface area contributed by atoms with E-state index in [4.69, 9.17) is 0 Å². The average molecular weight is 539 g/mol. The number of fused-ring (bicyclic) bond motifs is 14. The molecule has 0 radical (unpaired) electrons. The number of aromatic nitrogens is 4. The molecule has 4 nitrogen and oxygen atoms in total. The summed E-state index contributed by atoms with van der Waals surface area (Å²) in [5, 5.41) is 8.04.